The van der Waals surface area contributed by atoms with Crippen molar-refractivity contribution in [1.29, 1.82) is 5.26 Å². The first-order valence-corrected chi connectivity index (χ1v) is 5.40. The molecule has 0 spiro atoms. The molecule has 1 aromatic rings. The smallest absolute Gasteiger partial charge is 0.0644 e. The zero-order valence-electron chi connectivity index (χ0n) is 9.80. The molecule has 4 heteroatoms. The Bertz CT molecular complexity index is 344. The van der Waals surface area contributed by atoms with Crippen LogP contribution in [0.25, 0.3) is 0 Å². The van der Waals surface area contributed by atoms with Crippen LogP contribution in [-0.2, 0) is 0 Å². The van der Waals surface area contributed by atoms with Crippen LogP contribution in [0.2, 0.25) is 0 Å². The highest BCUT2D eigenvalue weighted by atomic mass is 15.2. The maximum atomic E-state index is 8.69. The normalized spacial score (nSPS) is 14.4. The number of nitrogens with two attached hydrogens (primary N) is 1. The molecule has 0 fully saturated rings. The third-order valence-corrected chi connectivity index (χ3v) is 2.83. The summed E-state index contributed by atoms with van der Waals surface area (Å²) in [5.41, 5.74) is 6.73. The van der Waals surface area contributed by atoms with Crippen LogP contribution in [0.1, 0.15) is 25.1 Å². The molecule has 0 aliphatic heterocycles. The van der Waals surface area contributed by atoms with Crippen molar-refractivity contribution in [3.05, 3.63) is 30.1 Å². The van der Waals surface area contributed by atoms with Crippen molar-refractivity contribution < 1.29 is 0 Å². The Morgan fingerprint density at radius 1 is 1.56 bits per heavy atom. The van der Waals surface area contributed by atoms with Gasteiger partial charge in [-0.25, -0.2) is 0 Å². The van der Waals surface area contributed by atoms with Crippen molar-refractivity contribution in [2.45, 2.75) is 25.4 Å². The number of aromatic nitrogens is 1. The molecule has 0 saturated heterocycles. The SMILES string of the molecule is CC(CC#N)N(C)C(CN)c1ccccn1. The zero-order chi connectivity index (χ0) is 12.0. The summed E-state index contributed by atoms with van der Waals surface area (Å²) in [6, 6.07) is 8.23. The maximum Gasteiger partial charge on any atom is 0.0644 e. The van der Waals surface area contributed by atoms with E-state index in [4.69, 9.17) is 11.0 Å². The first kappa shape index (κ1) is 12.6. The van der Waals surface area contributed by atoms with Gasteiger partial charge in [0.1, 0.15) is 0 Å². The van der Waals surface area contributed by atoms with E-state index in [0.717, 1.165) is 5.69 Å². The minimum atomic E-state index is 0.0737. The average molecular weight is 218 g/mol. The summed E-state index contributed by atoms with van der Waals surface area (Å²) in [4.78, 5) is 6.41. The van der Waals surface area contributed by atoms with Crippen LogP contribution < -0.4 is 5.73 Å². The zero-order valence-corrected chi connectivity index (χ0v) is 9.80. The quantitative estimate of drug-likeness (QED) is 0.809. The standard InChI is InChI=1S/C12H18N4/c1-10(6-7-13)16(2)12(9-14)11-5-3-4-8-15-11/h3-5,8,10,12H,6,9,14H2,1-2H3. The van der Waals surface area contributed by atoms with Crippen LogP contribution in [0.5, 0.6) is 0 Å². The summed E-state index contributed by atoms with van der Waals surface area (Å²) in [5, 5.41) is 8.69. The van der Waals surface area contributed by atoms with E-state index in [2.05, 4.69) is 16.0 Å². The van der Waals surface area contributed by atoms with Crippen LogP contribution in [0.3, 0.4) is 0 Å². The molecule has 0 saturated carbocycles. The molecular weight excluding hydrogens is 200 g/mol. The van der Waals surface area contributed by atoms with Crippen LogP contribution in [-0.4, -0.2) is 29.5 Å². The minimum absolute atomic E-state index is 0.0737. The summed E-state index contributed by atoms with van der Waals surface area (Å²) in [6.45, 7) is 2.53. The van der Waals surface area contributed by atoms with E-state index in [1.807, 2.05) is 32.2 Å². The van der Waals surface area contributed by atoms with Gasteiger partial charge in [0.05, 0.1) is 24.2 Å². The van der Waals surface area contributed by atoms with Gasteiger partial charge in [-0.2, -0.15) is 5.26 Å². The fourth-order valence-electron chi connectivity index (χ4n) is 1.65. The molecular formula is C12H18N4. The maximum absolute atomic E-state index is 8.69. The van der Waals surface area contributed by atoms with E-state index in [9.17, 15) is 0 Å². The van der Waals surface area contributed by atoms with E-state index in [-0.39, 0.29) is 12.1 Å². The van der Waals surface area contributed by atoms with Gasteiger partial charge in [-0.05, 0) is 26.1 Å². The highest BCUT2D eigenvalue weighted by Gasteiger charge is 2.20. The Hall–Kier alpha value is -1.44. The summed E-state index contributed by atoms with van der Waals surface area (Å²) >= 11 is 0. The summed E-state index contributed by atoms with van der Waals surface area (Å²) < 4.78 is 0. The summed E-state index contributed by atoms with van der Waals surface area (Å²) in [7, 11) is 1.98. The van der Waals surface area contributed by atoms with Gasteiger partial charge in [-0.15, -0.1) is 0 Å². The van der Waals surface area contributed by atoms with Crippen LogP contribution in [0, 0.1) is 11.3 Å². The van der Waals surface area contributed by atoms with Crippen molar-refractivity contribution in [2.75, 3.05) is 13.6 Å². The number of hydrogen-bond donors (Lipinski definition) is 1. The van der Waals surface area contributed by atoms with Crippen LogP contribution >= 0.6 is 0 Å². The molecule has 0 aliphatic carbocycles. The lowest BCUT2D eigenvalue weighted by Crippen LogP contribution is -2.37. The van der Waals surface area contributed by atoms with Gasteiger partial charge in [-0.3, -0.25) is 9.88 Å². The monoisotopic (exact) mass is 218 g/mol. The molecule has 0 radical (unpaired) electrons. The number of pyridine rings is 1. The summed E-state index contributed by atoms with van der Waals surface area (Å²) in [5.74, 6) is 0. The number of rotatable bonds is 5. The number of nitriles is 1. The van der Waals surface area contributed by atoms with E-state index in [1.54, 1.807) is 6.20 Å². The third kappa shape index (κ3) is 3.02. The first-order valence-electron chi connectivity index (χ1n) is 5.40. The van der Waals surface area contributed by atoms with Crippen LogP contribution in [0.15, 0.2) is 24.4 Å². The molecule has 4 nitrogen and oxygen atoms in total. The molecule has 2 atom stereocenters. The lowest BCUT2D eigenvalue weighted by Gasteiger charge is -2.30. The van der Waals surface area contributed by atoms with Gasteiger partial charge in [0.15, 0.2) is 0 Å². The first-order chi connectivity index (χ1) is 7.70. The van der Waals surface area contributed by atoms with E-state index in [0.29, 0.717) is 13.0 Å². The topological polar surface area (TPSA) is 65.9 Å². The lowest BCUT2D eigenvalue weighted by molar-refractivity contribution is 0.187. The Morgan fingerprint density at radius 2 is 2.31 bits per heavy atom. The molecule has 0 aromatic carbocycles. The van der Waals surface area contributed by atoms with E-state index >= 15 is 0 Å². The Kier molecular flexibility index (Phi) is 4.90. The highest BCUT2D eigenvalue weighted by Crippen LogP contribution is 2.18. The van der Waals surface area contributed by atoms with Crippen molar-refractivity contribution >= 4 is 0 Å². The molecule has 16 heavy (non-hydrogen) atoms. The number of likely N-dealkylation sites (N-methyl/N-ethyl adjacent to an activating group) is 1. The van der Waals surface area contributed by atoms with Gasteiger partial charge in [-0.1, -0.05) is 6.07 Å². The average Bonchev–Trinajstić information content (AvgIpc) is 2.31. The van der Waals surface area contributed by atoms with Crippen molar-refractivity contribution in [1.82, 2.24) is 9.88 Å². The molecule has 86 valence electrons. The second-order valence-corrected chi connectivity index (χ2v) is 3.88. The molecule has 2 N–H and O–H groups in total. The molecule has 0 bridgehead atoms. The molecule has 1 heterocycles. The summed E-state index contributed by atoms with van der Waals surface area (Å²) in [6.07, 6.45) is 2.26. The van der Waals surface area contributed by atoms with Gasteiger partial charge in [0.25, 0.3) is 0 Å². The fourth-order valence-corrected chi connectivity index (χ4v) is 1.65. The van der Waals surface area contributed by atoms with Gasteiger partial charge in [0, 0.05) is 18.8 Å². The second kappa shape index (κ2) is 6.21. The highest BCUT2D eigenvalue weighted by molar-refractivity contribution is 5.09. The van der Waals surface area contributed by atoms with Crippen molar-refractivity contribution in [3.8, 4) is 6.07 Å². The molecule has 1 rings (SSSR count). The molecule has 1 aromatic heterocycles. The number of nitrogens with zero attached hydrogens (tertiary/aromatic N) is 3. The van der Waals surface area contributed by atoms with Crippen molar-refractivity contribution in [2.24, 2.45) is 5.73 Å². The van der Waals surface area contributed by atoms with Crippen LogP contribution in [0.4, 0.5) is 0 Å². The minimum Gasteiger partial charge on any atom is -0.329 e. The largest absolute Gasteiger partial charge is 0.329 e. The Balaban J connectivity index is 2.79. The second-order valence-electron chi connectivity index (χ2n) is 3.88. The Labute approximate surface area is 96.7 Å². The van der Waals surface area contributed by atoms with Gasteiger partial charge < -0.3 is 5.73 Å². The van der Waals surface area contributed by atoms with Gasteiger partial charge in [0.2, 0.25) is 0 Å². The predicted octanol–water partition coefficient (Wildman–Crippen LogP) is 1.32. The Morgan fingerprint density at radius 3 is 2.81 bits per heavy atom. The molecule has 2 unspecified atom stereocenters. The van der Waals surface area contributed by atoms with E-state index in [1.165, 1.54) is 0 Å². The fraction of sp³-hybridized carbons (Fsp3) is 0.500. The predicted molar refractivity (Wildman–Crippen MR) is 63.5 cm³/mol. The third-order valence-electron chi connectivity index (χ3n) is 2.83. The molecule has 0 aliphatic rings. The lowest BCUT2D eigenvalue weighted by atomic mass is 10.1. The number of hydrogen-bond acceptors (Lipinski definition) is 4. The molecule has 0 amide bonds. The van der Waals surface area contributed by atoms with E-state index < -0.39 is 0 Å². The van der Waals surface area contributed by atoms with Gasteiger partial charge >= 0.3 is 0 Å². The van der Waals surface area contributed by atoms with Crippen molar-refractivity contribution in [3.63, 3.8) is 0 Å².